The van der Waals surface area contributed by atoms with Gasteiger partial charge in [0, 0.05) is 18.0 Å². The lowest BCUT2D eigenvalue weighted by atomic mass is 10.1. The van der Waals surface area contributed by atoms with Crippen LogP contribution in [0.25, 0.3) is 0 Å². The van der Waals surface area contributed by atoms with Gasteiger partial charge in [0.05, 0.1) is 5.56 Å². The Labute approximate surface area is 155 Å². The van der Waals surface area contributed by atoms with Crippen molar-refractivity contribution >= 4 is 17.2 Å². The van der Waals surface area contributed by atoms with E-state index in [0.717, 1.165) is 18.5 Å². The minimum Gasteiger partial charge on any atom is -0.488 e. The molecule has 0 aliphatic carbocycles. The molecule has 2 aromatic carbocycles. The summed E-state index contributed by atoms with van der Waals surface area (Å²) in [6.07, 6.45) is 0.900. The zero-order valence-corrected chi connectivity index (χ0v) is 15.0. The van der Waals surface area contributed by atoms with Crippen molar-refractivity contribution in [2.75, 3.05) is 6.54 Å². The fourth-order valence-electron chi connectivity index (χ4n) is 3.10. The second-order valence-electron chi connectivity index (χ2n) is 6.26. The highest BCUT2D eigenvalue weighted by Crippen LogP contribution is 2.27. The van der Waals surface area contributed by atoms with Crippen molar-refractivity contribution in [3.05, 3.63) is 87.4 Å². The number of halogens is 1. The third-order valence-corrected chi connectivity index (χ3v) is 5.54. The predicted molar refractivity (Wildman–Crippen MR) is 99.9 cm³/mol. The Morgan fingerprint density at radius 3 is 2.77 bits per heavy atom. The quantitative estimate of drug-likeness (QED) is 0.671. The van der Waals surface area contributed by atoms with E-state index >= 15 is 0 Å². The normalized spacial score (nSPS) is 13.3. The van der Waals surface area contributed by atoms with Gasteiger partial charge in [-0.05, 0) is 53.3 Å². The third kappa shape index (κ3) is 3.48. The Balaban J connectivity index is 1.50. The number of carbonyl (C=O) groups excluding carboxylic acids is 1. The van der Waals surface area contributed by atoms with Gasteiger partial charge in [-0.3, -0.25) is 4.79 Å². The van der Waals surface area contributed by atoms with Gasteiger partial charge in [0.2, 0.25) is 0 Å². The molecule has 2 heterocycles. The molecule has 0 saturated heterocycles. The highest BCUT2D eigenvalue weighted by atomic mass is 32.1. The van der Waals surface area contributed by atoms with Crippen molar-refractivity contribution < 1.29 is 13.9 Å². The van der Waals surface area contributed by atoms with Crippen LogP contribution in [0.4, 0.5) is 4.39 Å². The number of rotatable bonds is 4. The molecule has 0 spiro atoms. The highest BCUT2D eigenvalue weighted by Gasteiger charge is 2.24. The lowest BCUT2D eigenvalue weighted by Gasteiger charge is -2.27. The van der Waals surface area contributed by atoms with Gasteiger partial charge in [-0.1, -0.05) is 24.3 Å². The Bertz CT molecular complexity index is 920. The average Bonchev–Trinajstić information content (AvgIpc) is 3.15. The highest BCUT2D eigenvalue weighted by molar-refractivity contribution is 7.10. The molecule has 0 N–H and O–H groups in total. The first-order valence-corrected chi connectivity index (χ1v) is 9.39. The zero-order chi connectivity index (χ0) is 17.9. The van der Waals surface area contributed by atoms with E-state index in [1.807, 2.05) is 17.0 Å². The first-order chi connectivity index (χ1) is 12.7. The van der Waals surface area contributed by atoms with Crippen LogP contribution in [-0.2, 0) is 19.6 Å². The molecule has 0 fully saturated rings. The molecule has 26 heavy (non-hydrogen) atoms. The second kappa shape index (κ2) is 7.30. The molecular weight excluding hydrogens is 349 g/mol. The van der Waals surface area contributed by atoms with Gasteiger partial charge in [-0.25, -0.2) is 4.39 Å². The lowest BCUT2D eigenvalue weighted by Crippen LogP contribution is -2.35. The van der Waals surface area contributed by atoms with Gasteiger partial charge < -0.3 is 9.64 Å². The van der Waals surface area contributed by atoms with Gasteiger partial charge in [0.1, 0.15) is 18.2 Å². The monoisotopic (exact) mass is 367 g/mol. The summed E-state index contributed by atoms with van der Waals surface area (Å²) in [6, 6.07) is 15.6. The SMILES string of the molecule is O=C(c1ccccc1OCc1ccc(F)cc1)N1CCc2sccc2C1. The maximum Gasteiger partial charge on any atom is 0.257 e. The van der Waals surface area contributed by atoms with Gasteiger partial charge in [-0.15, -0.1) is 11.3 Å². The van der Waals surface area contributed by atoms with Crippen LogP contribution >= 0.6 is 11.3 Å². The lowest BCUT2D eigenvalue weighted by molar-refractivity contribution is 0.0731. The van der Waals surface area contributed by atoms with Crippen LogP contribution in [0.3, 0.4) is 0 Å². The standard InChI is InChI=1S/C21H18FNO2S/c22-17-7-5-15(6-8-17)14-25-19-4-2-1-3-18(19)21(24)23-11-9-20-16(13-23)10-12-26-20/h1-8,10,12H,9,11,13-14H2. The van der Waals surface area contributed by atoms with Crippen LogP contribution in [0, 0.1) is 5.82 Å². The van der Waals surface area contributed by atoms with E-state index in [9.17, 15) is 9.18 Å². The van der Waals surface area contributed by atoms with Gasteiger partial charge in [-0.2, -0.15) is 0 Å². The first kappa shape index (κ1) is 16.8. The van der Waals surface area contributed by atoms with E-state index < -0.39 is 0 Å². The smallest absolute Gasteiger partial charge is 0.257 e. The summed E-state index contributed by atoms with van der Waals surface area (Å²) >= 11 is 1.76. The molecule has 0 saturated carbocycles. The van der Waals surface area contributed by atoms with E-state index in [1.165, 1.54) is 22.6 Å². The maximum atomic E-state index is 13.0. The number of hydrogen-bond donors (Lipinski definition) is 0. The summed E-state index contributed by atoms with van der Waals surface area (Å²) in [5.41, 5.74) is 2.65. The van der Waals surface area contributed by atoms with Crippen LogP contribution in [0.1, 0.15) is 26.4 Å². The Morgan fingerprint density at radius 2 is 1.92 bits per heavy atom. The molecule has 1 aliphatic heterocycles. The molecule has 0 unspecified atom stereocenters. The molecule has 132 valence electrons. The largest absolute Gasteiger partial charge is 0.488 e. The van der Waals surface area contributed by atoms with Crippen LogP contribution in [0.5, 0.6) is 5.75 Å². The number of hydrogen-bond acceptors (Lipinski definition) is 3. The van der Waals surface area contributed by atoms with Gasteiger partial charge >= 0.3 is 0 Å². The van der Waals surface area contributed by atoms with E-state index in [2.05, 4.69) is 11.4 Å². The van der Waals surface area contributed by atoms with Crippen molar-refractivity contribution in [1.29, 1.82) is 0 Å². The van der Waals surface area contributed by atoms with E-state index in [-0.39, 0.29) is 11.7 Å². The van der Waals surface area contributed by atoms with Crippen LogP contribution in [-0.4, -0.2) is 17.4 Å². The van der Waals surface area contributed by atoms with Crippen LogP contribution in [0.15, 0.2) is 60.0 Å². The zero-order valence-electron chi connectivity index (χ0n) is 14.2. The van der Waals surface area contributed by atoms with E-state index in [1.54, 1.807) is 35.6 Å². The molecule has 1 aromatic heterocycles. The summed E-state index contributed by atoms with van der Waals surface area (Å²) in [4.78, 5) is 16.2. The molecule has 3 nitrogen and oxygen atoms in total. The molecule has 5 heteroatoms. The van der Waals surface area contributed by atoms with Gasteiger partial charge in [0.25, 0.3) is 5.91 Å². The fraction of sp³-hybridized carbons (Fsp3) is 0.190. The Hall–Kier alpha value is -2.66. The number of fused-ring (bicyclic) bond motifs is 1. The summed E-state index contributed by atoms with van der Waals surface area (Å²) in [5, 5.41) is 2.08. The third-order valence-electron chi connectivity index (χ3n) is 4.52. The Morgan fingerprint density at radius 1 is 1.12 bits per heavy atom. The maximum absolute atomic E-state index is 13.0. The van der Waals surface area contributed by atoms with Crippen LogP contribution in [0.2, 0.25) is 0 Å². The van der Waals surface area contributed by atoms with E-state index in [4.69, 9.17) is 4.74 Å². The van der Waals surface area contributed by atoms with Crippen molar-refractivity contribution in [1.82, 2.24) is 4.90 Å². The molecule has 3 aromatic rings. The molecule has 0 bridgehead atoms. The molecular formula is C21H18FNO2S. The van der Waals surface area contributed by atoms with Crippen molar-refractivity contribution in [3.8, 4) is 5.75 Å². The number of thiophene rings is 1. The number of ether oxygens (including phenoxy) is 1. The van der Waals surface area contributed by atoms with Crippen molar-refractivity contribution in [3.63, 3.8) is 0 Å². The van der Waals surface area contributed by atoms with Gasteiger partial charge in [0.15, 0.2) is 0 Å². The Kier molecular flexibility index (Phi) is 4.71. The summed E-state index contributed by atoms with van der Waals surface area (Å²) in [6.45, 7) is 1.65. The van der Waals surface area contributed by atoms with Crippen molar-refractivity contribution in [2.24, 2.45) is 0 Å². The van der Waals surface area contributed by atoms with Crippen molar-refractivity contribution in [2.45, 2.75) is 19.6 Å². The minimum absolute atomic E-state index is 0.0171. The number of amides is 1. The molecule has 0 atom stereocenters. The molecule has 1 aliphatic rings. The second-order valence-corrected chi connectivity index (χ2v) is 7.26. The molecule has 1 amide bonds. The molecule has 4 rings (SSSR count). The van der Waals surface area contributed by atoms with Crippen LogP contribution < -0.4 is 4.74 Å². The van der Waals surface area contributed by atoms with E-state index in [0.29, 0.717) is 24.5 Å². The minimum atomic E-state index is -0.276. The molecule has 0 radical (unpaired) electrons. The topological polar surface area (TPSA) is 29.5 Å². The number of nitrogens with zero attached hydrogens (tertiary/aromatic N) is 1. The summed E-state index contributed by atoms with van der Waals surface area (Å²) < 4.78 is 18.9. The first-order valence-electron chi connectivity index (χ1n) is 8.51. The summed E-state index contributed by atoms with van der Waals surface area (Å²) in [7, 11) is 0. The average molecular weight is 367 g/mol. The number of benzene rings is 2. The summed E-state index contributed by atoms with van der Waals surface area (Å²) in [5.74, 6) is 0.261. The predicted octanol–water partition coefficient (Wildman–Crippen LogP) is 4.66. The number of carbonyl (C=O) groups is 1. The fourth-order valence-corrected chi connectivity index (χ4v) is 3.99. The number of para-hydroxylation sites is 1.